The molecule has 1 atom stereocenters. The molecule has 0 bridgehead atoms. The number of aromatic nitrogens is 1. The molecule has 1 aliphatic heterocycles. The summed E-state index contributed by atoms with van der Waals surface area (Å²) in [5.41, 5.74) is 0.723. The fraction of sp³-hybridized carbons (Fsp3) is 0.136. The number of rotatable bonds is 6. The second-order valence-electron chi connectivity index (χ2n) is 6.76. The van der Waals surface area contributed by atoms with Crippen LogP contribution in [-0.2, 0) is 16.8 Å². The zero-order chi connectivity index (χ0) is 19.6. The maximum atomic E-state index is 13.4. The van der Waals surface area contributed by atoms with Gasteiger partial charge in [0.05, 0.1) is 12.2 Å². The second-order valence-corrected chi connectivity index (χ2v) is 6.76. The molecule has 2 aromatic carbocycles. The number of nitrogens with zero attached hydrogens (tertiary/aromatic N) is 1. The van der Waals surface area contributed by atoms with E-state index < -0.39 is 17.5 Å². The van der Waals surface area contributed by atoms with Crippen molar-refractivity contribution in [3.63, 3.8) is 0 Å². The van der Waals surface area contributed by atoms with Crippen LogP contribution in [0.4, 0.5) is 4.79 Å². The van der Waals surface area contributed by atoms with Crippen molar-refractivity contribution in [2.24, 2.45) is 0 Å². The summed E-state index contributed by atoms with van der Waals surface area (Å²) in [4.78, 5) is 42.4. The average molecular weight is 373 g/mol. The third-order valence-corrected chi connectivity index (χ3v) is 4.95. The van der Waals surface area contributed by atoms with E-state index in [0.29, 0.717) is 17.7 Å². The van der Waals surface area contributed by atoms with Gasteiger partial charge in [-0.25, -0.2) is 4.79 Å². The smallest absolute Gasteiger partial charge is 0.325 e. The Hall–Kier alpha value is -3.67. The Morgan fingerprint density at radius 1 is 0.893 bits per heavy atom. The monoisotopic (exact) mass is 373 g/mol. The van der Waals surface area contributed by atoms with E-state index in [4.69, 9.17) is 0 Å². The number of benzene rings is 2. The Morgan fingerprint density at radius 3 is 2.21 bits per heavy atom. The summed E-state index contributed by atoms with van der Waals surface area (Å²) >= 11 is 0. The van der Waals surface area contributed by atoms with Crippen LogP contribution in [0.25, 0.3) is 0 Å². The molecule has 1 aromatic heterocycles. The molecule has 140 valence electrons. The van der Waals surface area contributed by atoms with Gasteiger partial charge in [0.2, 0.25) is 0 Å². The number of nitrogens with one attached hydrogen (secondary N) is 2. The zero-order valence-electron chi connectivity index (χ0n) is 15.1. The summed E-state index contributed by atoms with van der Waals surface area (Å²) in [6.45, 7) is -0.311. The minimum atomic E-state index is -1.24. The van der Waals surface area contributed by atoms with Gasteiger partial charge in [-0.05, 0) is 23.3 Å². The number of Topliss-reactive ketones (excluding diaryl/α,β-unsaturated/α-hetero) is 1. The van der Waals surface area contributed by atoms with Gasteiger partial charge in [-0.1, -0.05) is 60.7 Å². The van der Waals surface area contributed by atoms with Crippen molar-refractivity contribution in [2.45, 2.75) is 12.0 Å². The third-order valence-electron chi connectivity index (χ3n) is 4.95. The van der Waals surface area contributed by atoms with Crippen molar-refractivity contribution in [1.82, 2.24) is 15.2 Å². The average Bonchev–Trinajstić information content (AvgIpc) is 3.34. The van der Waals surface area contributed by atoms with Crippen LogP contribution in [-0.4, -0.2) is 34.2 Å². The van der Waals surface area contributed by atoms with E-state index in [1.54, 1.807) is 18.3 Å². The van der Waals surface area contributed by atoms with Crippen molar-refractivity contribution < 1.29 is 14.4 Å². The maximum Gasteiger partial charge on any atom is 0.325 e. The van der Waals surface area contributed by atoms with Crippen molar-refractivity contribution in [3.8, 4) is 0 Å². The number of carbonyl (C=O) groups excluding carboxylic acids is 3. The molecule has 6 heteroatoms. The molecule has 28 heavy (non-hydrogen) atoms. The highest BCUT2D eigenvalue weighted by Gasteiger charge is 2.52. The van der Waals surface area contributed by atoms with E-state index in [1.165, 1.54) is 0 Å². The molecule has 1 saturated heterocycles. The number of amides is 3. The number of aromatic amines is 1. The van der Waals surface area contributed by atoms with Crippen molar-refractivity contribution in [3.05, 3.63) is 95.8 Å². The molecule has 1 aliphatic rings. The Balaban J connectivity index is 1.69. The van der Waals surface area contributed by atoms with Gasteiger partial charge in [-0.15, -0.1) is 0 Å². The van der Waals surface area contributed by atoms with E-state index in [2.05, 4.69) is 10.3 Å². The van der Waals surface area contributed by atoms with Crippen LogP contribution in [0.3, 0.4) is 0 Å². The summed E-state index contributed by atoms with van der Waals surface area (Å²) in [5, 5.41) is 2.86. The van der Waals surface area contributed by atoms with Gasteiger partial charge in [-0.3, -0.25) is 14.5 Å². The number of hydrogen-bond acceptors (Lipinski definition) is 3. The van der Waals surface area contributed by atoms with E-state index in [-0.39, 0.29) is 12.3 Å². The molecule has 2 N–H and O–H groups in total. The summed E-state index contributed by atoms with van der Waals surface area (Å²) < 4.78 is 0. The molecule has 0 saturated carbocycles. The van der Waals surface area contributed by atoms with Crippen LogP contribution in [0.15, 0.2) is 79.0 Å². The molecule has 2 heterocycles. The molecule has 0 radical (unpaired) electrons. The Kier molecular flexibility index (Phi) is 4.53. The van der Waals surface area contributed by atoms with Gasteiger partial charge < -0.3 is 10.3 Å². The Morgan fingerprint density at radius 2 is 1.57 bits per heavy atom. The molecule has 1 fully saturated rings. The first-order chi connectivity index (χ1) is 13.6. The highest BCUT2D eigenvalue weighted by molar-refractivity contribution is 6.11. The molecule has 0 spiro atoms. The largest absolute Gasteiger partial charge is 0.359 e. The van der Waals surface area contributed by atoms with Crippen LogP contribution >= 0.6 is 0 Å². The fourth-order valence-corrected chi connectivity index (χ4v) is 3.54. The minimum absolute atomic E-state index is 0.301. The molecule has 0 unspecified atom stereocenters. The SMILES string of the molecule is O=C(CN1C(=O)N[C@@](Cc2ccccc2)(c2ccccc2)C1=O)c1ccc[nH]1. The lowest BCUT2D eigenvalue weighted by molar-refractivity contribution is -0.131. The number of carbonyl (C=O) groups is 3. The van der Waals surface area contributed by atoms with E-state index in [0.717, 1.165) is 10.5 Å². The molecule has 3 amide bonds. The quantitative estimate of drug-likeness (QED) is 0.515. The molecule has 0 aliphatic carbocycles. The van der Waals surface area contributed by atoms with Gasteiger partial charge >= 0.3 is 6.03 Å². The summed E-state index contributed by atoms with van der Waals surface area (Å²) in [7, 11) is 0. The first-order valence-electron chi connectivity index (χ1n) is 9.00. The van der Waals surface area contributed by atoms with Gasteiger partial charge in [0.15, 0.2) is 11.3 Å². The highest BCUT2D eigenvalue weighted by Crippen LogP contribution is 2.33. The number of hydrogen-bond donors (Lipinski definition) is 2. The summed E-state index contributed by atoms with van der Waals surface area (Å²) in [5.74, 6) is -0.746. The number of urea groups is 1. The van der Waals surface area contributed by atoms with Crippen LogP contribution in [0.1, 0.15) is 21.6 Å². The van der Waals surface area contributed by atoms with E-state index in [9.17, 15) is 14.4 Å². The summed E-state index contributed by atoms with van der Waals surface area (Å²) in [6.07, 6.45) is 1.93. The summed E-state index contributed by atoms with van der Waals surface area (Å²) in [6, 6.07) is 21.4. The Labute approximate surface area is 162 Å². The standard InChI is InChI=1S/C22H19N3O3/c26-19(18-12-7-13-23-18)15-25-20(27)22(24-21(25)28,17-10-5-2-6-11-17)14-16-8-3-1-4-9-16/h1-13,23H,14-15H2,(H,24,28)/t22-/m0/s1. The lowest BCUT2D eigenvalue weighted by atomic mass is 9.83. The predicted molar refractivity (Wildman–Crippen MR) is 104 cm³/mol. The first-order valence-corrected chi connectivity index (χ1v) is 9.00. The first kappa shape index (κ1) is 17.7. The van der Waals surface area contributed by atoms with Gasteiger partial charge in [0.1, 0.15) is 0 Å². The van der Waals surface area contributed by atoms with Crippen molar-refractivity contribution in [1.29, 1.82) is 0 Å². The lowest BCUT2D eigenvalue weighted by Crippen LogP contribution is -2.46. The predicted octanol–water partition coefficient (Wildman–Crippen LogP) is 2.89. The topological polar surface area (TPSA) is 82.3 Å². The van der Waals surface area contributed by atoms with Crippen LogP contribution in [0.2, 0.25) is 0 Å². The van der Waals surface area contributed by atoms with Crippen LogP contribution < -0.4 is 5.32 Å². The maximum absolute atomic E-state index is 13.4. The third kappa shape index (κ3) is 3.09. The molecular formula is C22H19N3O3. The zero-order valence-corrected chi connectivity index (χ0v) is 15.1. The van der Waals surface area contributed by atoms with Crippen molar-refractivity contribution in [2.75, 3.05) is 6.54 Å². The number of ketones is 1. The normalized spacial score (nSPS) is 18.9. The second kappa shape index (κ2) is 7.15. The van der Waals surface area contributed by atoms with Crippen molar-refractivity contribution >= 4 is 17.7 Å². The number of H-pyrrole nitrogens is 1. The fourth-order valence-electron chi connectivity index (χ4n) is 3.54. The van der Waals surface area contributed by atoms with Crippen LogP contribution in [0.5, 0.6) is 0 Å². The van der Waals surface area contributed by atoms with E-state index in [1.807, 2.05) is 60.7 Å². The van der Waals surface area contributed by atoms with Gasteiger partial charge in [0.25, 0.3) is 5.91 Å². The Bertz CT molecular complexity index is 1000. The minimum Gasteiger partial charge on any atom is -0.359 e. The molecule has 4 rings (SSSR count). The van der Waals surface area contributed by atoms with E-state index >= 15 is 0 Å². The molecule has 6 nitrogen and oxygen atoms in total. The molecular weight excluding hydrogens is 354 g/mol. The van der Waals surface area contributed by atoms with Gasteiger partial charge in [-0.2, -0.15) is 0 Å². The van der Waals surface area contributed by atoms with Crippen LogP contribution in [0, 0.1) is 0 Å². The van der Waals surface area contributed by atoms with Gasteiger partial charge in [0, 0.05) is 12.6 Å². The lowest BCUT2D eigenvalue weighted by Gasteiger charge is -2.27. The number of imide groups is 1. The molecule has 3 aromatic rings. The highest BCUT2D eigenvalue weighted by atomic mass is 16.2.